The third-order valence-electron chi connectivity index (χ3n) is 5.00. The summed E-state index contributed by atoms with van der Waals surface area (Å²) >= 11 is 1.49. The van der Waals surface area contributed by atoms with Crippen molar-refractivity contribution in [3.05, 3.63) is 59.7 Å². The number of amides is 1. The summed E-state index contributed by atoms with van der Waals surface area (Å²) in [4.78, 5) is 15.5. The highest BCUT2D eigenvalue weighted by atomic mass is 32.2. The maximum absolute atomic E-state index is 12.7. The first kappa shape index (κ1) is 21.7. The molecule has 156 valence electrons. The molecule has 0 bridgehead atoms. The normalized spacial score (nSPS) is 15.3. The van der Waals surface area contributed by atoms with E-state index in [0.29, 0.717) is 31.7 Å². The molecule has 1 heterocycles. The average molecular weight is 434 g/mol. The summed E-state index contributed by atoms with van der Waals surface area (Å²) < 4.78 is 26.9. The standard InChI is InChI=1S/C21H27N3O3S2/c1-17-6-5-7-18(16-17)23-11-13-24(14-12-23)29(26,27)15-10-22-21(25)19-8-3-4-9-20(19)28-2/h3-9,16H,10-15H2,1-2H3,(H,22,25). The van der Waals surface area contributed by atoms with Crippen LogP contribution in [0.15, 0.2) is 53.4 Å². The molecular weight excluding hydrogens is 406 g/mol. The van der Waals surface area contributed by atoms with Gasteiger partial charge in [-0.15, -0.1) is 11.8 Å². The first-order valence-corrected chi connectivity index (χ1v) is 12.4. The molecule has 1 saturated heterocycles. The van der Waals surface area contributed by atoms with Gasteiger partial charge in [-0.25, -0.2) is 8.42 Å². The Kier molecular flexibility index (Phi) is 7.21. The minimum Gasteiger partial charge on any atom is -0.369 e. The topological polar surface area (TPSA) is 69.7 Å². The molecule has 1 aliphatic heterocycles. The first-order valence-electron chi connectivity index (χ1n) is 9.61. The Balaban J connectivity index is 1.51. The highest BCUT2D eigenvalue weighted by molar-refractivity contribution is 7.98. The van der Waals surface area contributed by atoms with Gasteiger partial charge in [0.25, 0.3) is 5.91 Å². The molecule has 0 radical (unpaired) electrons. The Labute approximate surface area is 177 Å². The van der Waals surface area contributed by atoms with Crippen molar-refractivity contribution in [3.8, 4) is 0 Å². The van der Waals surface area contributed by atoms with E-state index in [1.807, 2.05) is 24.5 Å². The number of benzene rings is 2. The summed E-state index contributed by atoms with van der Waals surface area (Å²) in [6, 6.07) is 15.6. The monoisotopic (exact) mass is 433 g/mol. The number of nitrogens with one attached hydrogen (secondary N) is 1. The van der Waals surface area contributed by atoms with Crippen LogP contribution in [-0.4, -0.2) is 63.4 Å². The van der Waals surface area contributed by atoms with E-state index < -0.39 is 10.0 Å². The lowest BCUT2D eigenvalue weighted by molar-refractivity contribution is 0.0953. The molecule has 1 amide bonds. The second kappa shape index (κ2) is 9.65. The van der Waals surface area contributed by atoms with Gasteiger partial charge in [-0.1, -0.05) is 24.3 Å². The predicted molar refractivity (Wildman–Crippen MR) is 119 cm³/mol. The molecule has 2 aromatic rings. The van der Waals surface area contributed by atoms with Crippen LogP contribution >= 0.6 is 11.8 Å². The van der Waals surface area contributed by atoms with E-state index in [9.17, 15) is 13.2 Å². The molecule has 0 saturated carbocycles. The van der Waals surface area contributed by atoms with Crippen molar-refractivity contribution in [1.29, 1.82) is 0 Å². The number of carbonyl (C=O) groups is 1. The SMILES string of the molecule is CSc1ccccc1C(=O)NCCS(=O)(=O)N1CCN(c2cccc(C)c2)CC1. The van der Waals surface area contributed by atoms with Crippen molar-refractivity contribution in [1.82, 2.24) is 9.62 Å². The van der Waals surface area contributed by atoms with Crippen molar-refractivity contribution >= 4 is 33.4 Å². The van der Waals surface area contributed by atoms with Crippen molar-refractivity contribution in [3.63, 3.8) is 0 Å². The van der Waals surface area contributed by atoms with Crippen LogP contribution < -0.4 is 10.2 Å². The molecule has 2 aromatic carbocycles. The number of carbonyl (C=O) groups excluding carboxylic acids is 1. The van der Waals surface area contributed by atoms with Gasteiger partial charge in [0, 0.05) is 43.3 Å². The second-order valence-corrected chi connectivity index (χ2v) is 9.93. The number of rotatable bonds is 7. The van der Waals surface area contributed by atoms with E-state index >= 15 is 0 Å². The van der Waals surface area contributed by atoms with E-state index in [4.69, 9.17) is 0 Å². The molecule has 3 rings (SSSR count). The third-order valence-corrected chi connectivity index (χ3v) is 7.66. The zero-order chi connectivity index (χ0) is 20.9. The Morgan fingerprint density at radius 3 is 2.48 bits per heavy atom. The predicted octanol–water partition coefficient (Wildman–Crippen LogP) is 2.60. The minimum absolute atomic E-state index is 0.0926. The summed E-state index contributed by atoms with van der Waals surface area (Å²) in [7, 11) is -3.40. The number of anilines is 1. The van der Waals surface area contributed by atoms with Gasteiger partial charge in [0.2, 0.25) is 10.0 Å². The summed E-state index contributed by atoms with van der Waals surface area (Å²) in [6.07, 6.45) is 1.91. The third kappa shape index (κ3) is 5.52. The fourth-order valence-electron chi connectivity index (χ4n) is 3.40. The summed E-state index contributed by atoms with van der Waals surface area (Å²) in [6.45, 7) is 4.39. The van der Waals surface area contributed by atoms with Crippen LogP contribution in [0, 0.1) is 6.92 Å². The fraction of sp³-hybridized carbons (Fsp3) is 0.381. The van der Waals surface area contributed by atoms with E-state index in [0.717, 1.165) is 10.6 Å². The van der Waals surface area contributed by atoms with Gasteiger partial charge in [0.05, 0.1) is 11.3 Å². The highest BCUT2D eigenvalue weighted by Crippen LogP contribution is 2.20. The Morgan fingerprint density at radius 1 is 1.07 bits per heavy atom. The maximum Gasteiger partial charge on any atom is 0.252 e. The number of hydrogen-bond donors (Lipinski definition) is 1. The first-order chi connectivity index (χ1) is 13.9. The lowest BCUT2D eigenvalue weighted by Crippen LogP contribution is -2.50. The van der Waals surface area contributed by atoms with E-state index in [2.05, 4.69) is 35.3 Å². The van der Waals surface area contributed by atoms with Crippen LogP contribution in [0.4, 0.5) is 5.69 Å². The molecule has 0 aliphatic carbocycles. The van der Waals surface area contributed by atoms with Gasteiger partial charge in [-0.2, -0.15) is 4.31 Å². The van der Waals surface area contributed by atoms with E-state index in [1.54, 1.807) is 12.1 Å². The van der Waals surface area contributed by atoms with Crippen LogP contribution in [0.1, 0.15) is 15.9 Å². The number of aryl methyl sites for hydroxylation is 1. The van der Waals surface area contributed by atoms with Gasteiger partial charge in [0.15, 0.2) is 0 Å². The molecule has 1 fully saturated rings. The van der Waals surface area contributed by atoms with Gasteiger partial charge in [0.1, 0.15) is 0 Å². The van der Waals surface area contributed by atoms with Crippen LogP contribution in [0.25, 0.3) is 0 Å². The number of sulfonamides is 1. The van der Waals surface area contributed by atoms with E-state index in [1.165, 1.54) is 21.6 Å². The summed E-state index contributed by atoms with van der Waals surface area (Å²) in [5.74, 6) is -0.334. The van der Waals surface area contributed by atoms with Crippen LogP contribution in [0.3, 0.4) is 0 Å². The number of nitrogens with zero attached hydrogens (tertiary/aromatic N) is 2. The van der Waals surface area contributed by atoms with Gasteiger partial charge >= 0.3 is 0 Å². The fourth-order valence-corrected chi connectivity index (χ4v) is 5.33. The lowest BCUT2D eigenvalue weighted by Gasteiger charge is -2.35. The Morgan fingerprint density at radius 2 is 1.79 bits per heavy atom. The molecule has 0 spiro atoms. The van der Waals surface area contributed by atoms with E-state index in [-0.39, 0.29) is 18.2 Å². The molecular formula is C21H27N3O3S2. The highest BCUT2D eigenvalue weighted by Gasteiger charge is 2.27. The zero-order valence-electron chi connectivity index (χ0n) is 16.8. The molecule has 8 heteroatoms. The van der Waals surface area contributed by atoms with Crippen molar-refractivity contribution in [2.75, 3.05) is 49.6 Å². The van der Waals surface area contributed by atoms with Crippen LogP contribution in [0.2, 0.25) is 0 Å². The minimum atomic E-state index is -3.40. The van der Waals surface area contributed by atoms with Gasteiger partial charge in [-0.05, 0) is 43.0 Å². The summed E-state index contributed by atoms with van der Waals surface area (Å²) in [5.41, 5.74) is 2.89. The number of hydrogen-bond acceptors (Lipinski definition) is 5. The Bertz CT molecular complexity index is 955. The van der Waals surface area contributed by atoms with Crippen LogP contribution in [-0.2, 0) is 10.0 Å². The average Bonchev–Trinajstić information content (AvgIpc) is 2.73. The zero-order valence-corrected chi connectivity index (χ0v) is 18.4. The molecule has 1 aliphatic rings. The smallest absolute Gasteiger partial charge is 0.252 e. The number of thioether (sulfide) groups is 1. The van der Waals surface area contributed by atoms with Gasteiger partial charge < -0.3 is 10.2 Å². The molecule has 0 atom stereocenters. The molecule has 6 nitrogen and oxygen atoms in total. The largest absolute Gasteiger partial charge is 0.369 e. The molecule has 0 aromatic heterocycles. The molecule has 1 N–H and O–H groups in total. The second-order valence-electron chi connectivity index (χ2n) is 7.00. The van der Waals surface area contributed by atoms with Crippen molar-refractivity contribution in [2.45, 2.75) is 11.8 Å². The maximum atomic E-state index is 12.7. The number of piperazine rings is 1. The van der Waals surface area contributed by atoms with Crippen molar-refractivity contribution < 1.29 is 13.2 Å². The van der Waals surface area contributed by atoms with Gasteiger partial charge in [-0.3, -0.25) is 4.79 Å². The summed E-state index contributed by atoms with van der Waals surface area (Å²) in [5, 5.41) is 2.74. The quantitative estimate of drug-likeness (QED) is 0.680. The van der Waals surface area contributed by atoms with Crippen LogP contribution in [0.5, 0.6) is 0 Å². The molecule has 0 unspecified atom stereocenters. The molecule has 29 heavy (non-hydrogen) atoms. The van der Waals surface area contributed by atoms with Crippen molar-refractivity contribution in [2.24, 2.45) is 0 Å². The lowest BCUT2D eigenvalue weighted by atomic mass is 10.2. The Hall–Kier alpha value is -2.03.